The molecule has 266 valence electrons. The van der Waals surface area contributed by atoms with E-state index >= 15 is 0 Å². The van der Waals surface area contributed by atoms with Crippen LogP contribution in [0.1, 0.15) is 11.1 Å². The summed E-state index contributed by atoms with van der Waals surface area (Å²) in [4.78, 5) is 29.5. The number of fused-ring (bicyclic) bond motifs is 6. The molecule has 2 saturated heterocycles. The molecule has 0 saturated carbocycles. The Hall–Kier alpha value is -2.96. The number of aryl methyl sites for hydroxylation is 2. The van der Waals surface area contributed by atoms with Crippen molar-refractivity contribution in [2.45, 2.75) is 23.6 Å². The predicted molar refractivity (Wildman–Crippen MR) is 176 cm³/mol. The van der Waals surface area contributed by atoms with E-state index in [4.69, 9.17) is 18.9 Å². The van der Waals surface area contributed by atoms with Crippen LogP contribution in [-0.4, -0.2) is 152 Å². The lowest BCUT2D eigenvalue weighted by Gasteiger charge is -2.30. The first-order valence-electron chi connectivity index (χ1n) is 16.0. The number of nitrogens with zero attached hydrogens (tertiary/aromatic N) is 4. The highest BCUT2D eigenvalue weighted by molar-refractivity contribution is 7.89. The van der Waals surface area contributed by atoms with E-state index in [1.54, 1.807) is 24.3 Å². The number of hydrogen-bond donors (Lipinski definition) is 0. The Balaban J connectivity index is 1.72. The van der Waals surface area contributed by atoms with Crippen LogP contribution in [0.5, 0.6) is 0 Å². The lowest BCUT2D eigenvalue weighted by atomic mass is 10.2. The maximum absolute atomic E-state index is 14.0. The number of sulfonamides is 2. The summed E-state index contributed by atoms with van der Waals surface area (Å²) in [7, 11) is -8.23. The van der Waals surface area contributed by atoms with Crippen molar-refractivity contribution in [3.8, 4) is 0 Å². The minimum atomic E-state index is -4.11. The molecule has 0 aliphatic carbocycles. The fraction of sp³-hybridized carbons (Fsp3) is 0.562. The van der Waals surface area contributed by atoms with Crippen LogP contribution in [0.4, 0.5) is 0 Å². The number of rotatable bonds is 4. The topological polar surface area (TPSA) is 152 Å². The van der Waals surface area contributed by atoms with Crippen LogP contribution in [0, 0.1) is 13.8 Å². The Kier molecular flexibility index (Phi) is 14.3. The Labute approximate surface area is 283 Å². The molecular weight excluding hydrogens is 665 g/mol. The molecule has 0 radical (unpaired) electrons. The van der Waals surface area contributed by atoms with Crippen LogP contribution >= 0.6 is 0 Å². The van der Waals surface area contributed by atoms with Gasteiger partial charge in [-0.15, -0.1) is 0 Å². The van der Waals surface area contributed by atoms with Gasteiger partial charge in [0.1, 0.15) is 13.2 Å². The van der Waals surface area contributed by atoms with Gasteiger partial charge in [0.2, 0.25) is 31.9 Å². The third kappa shape index (κ3) is 10.8. The van der Waals surface area contributed by atoms with Gasteiger partial charge in [0, 0.05) is 52.4 Å². The number of carbonyl (C=O) groups excluding carboxylic acids is 2. The largest absolute Gasteiger partial charge is 0.377 e. The van der Waals surface area contributed by atoms with Crippen LogP contribution in [-0.2, 0) is 48.6 Å². The van der Waals surface area contributed by atoms with E-state index in [2.05, 4.69) is 0 Å². The zero-order valence-corrected chi connectivity index (χ0v) is 29.3. The first-order chi connectivity index (χ1) is 23.0. The van der Waals surface area contributed by atoms with Gasteiger partial charge in [0.25, 0.3) is 0 Å². The summed E-state index contributed by atoms with van der Waals surface area (Å²) in [5, 5.41) is 0. The van der Waals surface area contributed by atoms with E-state index in [0.717, 1.165) is 11.1 Å². The van der Waals surface area contributed by atoms with Gasteiger partial charge in [-0.05, 0) is 38.1 Å². The van der Waals surface area contributed by atoms with Crippen LogP contribution < -0.4 is 0 Å². The second kappa shape index (κ2) is 18.2. The SMILES string of the molecule is Cc1ccc(S(=O)(=O)N2CCN3CCOCCOCCOCCN(CCN(S(=O)(=O)c4ccc(C)cc4)CC2)C(=O)COCC3=O)cc1. The summed E-state index contributed by atoms with van der Waals surface area (Å²) in [6.45, 7) is 4.01. The van der Waals surface area contributed by atoms with E-state index in [1.165, 1.54) is 42.7 Å². The summed E-state index contributed by atoms with van der Waals surface area (Å²) in [6, 6.07) is 12.8. The molecule has 2 aromatic carbocycles. The highest BCUT2D eigenvalue weighted by Gasteiger charge is 2.31. The minimum absolute atomic E-state index is 0.0186. The molecule has 4 rings (SSSR count). The molecule has 2 aromatic rings. The van der Waals surface area contributed by atoms with Gasteiger partial charge in [-0.2, -0.15) is 8.61 Å². The molecule has 2 bridgehead atoms. The quantitative estimate of drug-likeness (QED) is 0.416. The van der Waals surface area contributed by atoms with Crippen molar-refractivity contribution in [1.29, 1.82) is 0 Å². The fourth-order valence-electron chi connectivity index (χ4n) is 5.13. The van der Waals surface area contributed by atoms with Crippen molar-refractivity contribution < 1.29 is 45.4 Å². The third-order valence-corrected chi connectivity index (χ3v) is 11.9. The van der Waals surface area contributed by atoms with Gasteiger partial charge >= 0.3 is 0 Å². The Morgan fingerprint density at radius 2 is 0.792 bits per heavy atom. The van der Waals surface area contributed by atoms with E-state index in [-0.39, 0.29) is 75.4 Å². The number of ether oxygens (including phenoxy) is 4. The molecule has 2 aliphatic heterocycles. The molecule has 0 spiro atoms. The number of benzene rings is 2. The zero-order chi connectivity index (χ0) is 34.6. The number of hydrogen-bond acceptors (Lipinski definition) is 10. The molecule has 0 atom stereocenters. The number of amides is 2. The van der Waals surface area contributed by atoms with Gasteiger partial charge in [0.15, 0.2) is 0 Å². The monoisotopic (exact) mass is 710 g/mol. The lowest BCUT2D eigenvalue weighted by Crippen LogP contribution is -2.47. The van der Waals surface area contributed by atoms with Crippen molar-refractivity contribution in [2.75, 3.05) is 105 Å². The maximum Gasteiger partial charge on any atom is 0.248 e. The van der Waals surface area contributed by atoms with E-state index < -0.39 is 45.1 Å². The molecular formula is C32H46N4O10S2. The van der Waals surface area contributed by atoms with Gasteiger partial charge in [-0.1, -0.05) is 35.4 Å². The Bertz CT molecular complexity index is 1440. The van der Waals surface area contributed by atoms with Gasteiger partial charge in [-0.25, -0.2) is 16.8 Å². The van der Waals surface area contributed by atoms with Crippen LogP contribution in [0.15, 0.2) is 58.3 Å². The third-order valence-electron chi connectivity index (χ3n) is 8.07. The molecule has 2 aliphatic rings. The molecule has 2 fully saturated rings. The summed E-state index contributed by atoms with van der Waals surface area (Å²) in [5.74, 6) is -0.880. The van der Waals surface area contributed by atoms with Crippen LogP contribution in [0.25, 0.3) is 0 Å². The van der Waals surface area contributed by atoms with Crippen molar-refractivity contribution in [3.63, 3.8) is 0 Å². The standard InChI is InChI=1S/C32H46N4O10S2/c1-27-3-7-29(8-4-27)47(39,40)35-13-11-33-17-19-43-21-23-45-24-22-44-20-18-34(32(38)26-46-25-31(33)37)12-14-36(16-15-35)48(41,42)30-9-5-28(2)6-10-30/h3-10H,11-26H2,1-2H3. The first-order valence-corrected chi connectivity index (χ1v) is 18.9. The molecule has 0 aromatic heterocycles. The molecule has 0 unspecified atom stereocenters. The maximum atomic E-state index is 14.0. The number of carbonyl (C=O) groups is 2. The molecule has 0 N–H and O–H groups in total. The van der Waals surface area contributed by atoms with Gasteiger partial charge < -0.3 is 28.7 Å². The van der Waals surface area contributed by atoms with E-state index in [0.29, 0.717) is 26.4 Å². The zero-order valence-electron chi connectivity index (χ0n) is 27.6. The minimum Gasteiger partial charge on any atom is -0.377 e. The molecule has 16 heteroatoms. The van der Waals surface area contributed by atoms with Gasteiger partial charge in [-0.3, -0.25) is 9.59 Å². The van der Waals surface area contributed by atoms with E-state index in [9.17, 15) is 26.4 Å². The highest BCUT2D eigenvalue weighted by atomic mass is 32.2. The van der Waals surface area contributed by atoms with Crippen molar-refractivity contribution in [1.82, 2.24) is 18.4 Å². The molecule has 14 nitrogen and oxygen atoms in total. The molecule has 48 heavy (non-hydrogen) atoms. The average Bonchev–Trinajstić information content (AvgIpc) is 3.05. The predicted octanol–water partition coefficient (Wildman–Crippen LogP) is 0.736. The lowest BCUT2D eigenvalue weighted by molar-refractivity contribution is -0.143. The molecule has 2 amide bonds. The van der Waals surface area contributed by atoms with Crippen LogP contribution in [0.2, 0.25) is 0 Å². The van der Waals surface area contributed by atoms with E-state index in [1.807, 2.05) is 13.8 Å². The smallest absolute Gasteiger partial charge is 0.248 e. The Morgan fingerprint density at radius 1 is 0.458 bits per heavy atom. The van der Waals surface area contributed by atoms with Crippen molar-refractivity contribution >= 4 is 31.9 Å². The van der Waals surface area contributed by atoms with Crippen molar-refractivity contribution in [3.05, 3.63) is 59.7 Å². The highest BCUT2D eigenvalue weighted by Crippen LogP contribution is 2.20. The molecule has 2 heterocycles. The second-order valence-electron chi connectivity index (χ2n) is 11.5. The normalized spacial score (nSPS) is 20.5. The fourth-order valence-corrected chi connectivity index (χ4v) is 7.98. The summed E-state index contributed by atoms with van der Waals surface area (Å²) in [5.41, 5.74) is 1.76. The summed E-state index contributed by atoms with van der Waals surface area (Å²) in [6.07, 6.45) is 0. The van der Waals surface area contributed by atoms with Crippen LogP contribution in [0.3, 0.4) is 0 Å². The second-order valence-corrected chi connectivity index (χ2v) is 15.4. The summed E-state index contributed by atoms with van der Waals surface area (Å²) < 4.78 is 80.9. The average molecular weight is 711 g/mol. The summed E-state index contributed by atoms with van der Waals surface area (Å²) >= 11 is 0. The first kappa shape index (κ1) is 37.9. The van der Waals surface area contributed by atoms with Crippen molar-refractivity contribution in [2.24, 2.45) is 0 Å². The van der Waals surface area contributed by atoms with Gasteiger partial charge in [0.05, 0.1) is 49.4 Å². The Morgan fingerprint density at radius 3 is 1.17 bits per heavy atom.